The van der Waals surface area contributed by atoms with Crippen LogP contribution in [0.15, 0.2) is 65.1 Å². The summed E-state index contributed by atoms with van der Waals surface area (Å²) in [6.45, 7) is 0. The molecule has 24 heavy (non-hydrogen) atoms. The number of anilines is 3. The van der Waals surface area contributed by atoms with Crippen LogP contribution in [0.4, 0.5) is 21.7 Å². The largest absolute Gasteiger partial charge is 0.338 e. The Morgan fingerprint density at radius 1 is 0.917 bits per heavy atom. The van der Waals surface area contributed by atoms with Gasteiger partial charge in [-0.05, 0) is 52.3 Å². The molecular weight excluding hydrogens is 375 g/mol. The fraction of sp³-hybridized carbons (Fsp3) is 0. The molecule has 5 nitrogen and oxygen atoms in total. The highest BCUT2D eigenvalue weighted by Gasteiger charge is 2.11. The first-order chi connectivity index (χ1) is 11.6. The molecule has 0 atom stereocenters. The first-order valence-electron chi connectivity index (χ1n) is 7.04. The van der Waals surface area contributed by atoms with Crippen LogP contribution in [0.1, 0.15) is 10.4 Å². The van der Waals surface area contributed by atoms with Gasteiger partial charge in [0.15, 0.2) is 11.6 Å². The smallest absolute Gasteiger partial charge is 0.259 e. The second-order valence-electron chi connectivity index (χ2n) is 4.84. The van der Waals surface area contributed by atoms with Crippen LogP contribution in [-0.2, 0) is 0 Å². The van der Waals surface area contributed by atoms with E-state index in [1.807, 2.05) is 24.3 Å². The van der Waals surface area contributed by atoms with E-state index in [9.17, 15) is 9.18 Å². The molecular formula is C17H12BrFN4O. The average molecular weight is 387 g/mol. The van der Waals surface area contributed by atoms with E-state index in [4.69, 9.17) is 0 Å². The number of carbonyl (C=O) groups excluding carboxylic acids is 1. The molecule has 3 aromatic rings. The molecule has 2 aromatic carbocycles. The van der Waals surface area contributed by atoms with Crippen LogP contribution in [-0.4, -0.2) is 16.1 Å². The summed E-state index contributed by atoms with van der Waals surface area (Å²) in [5.74, 6) is -0.407. The highest BCUT2D eigenvalue weighted by atomic mass is 79.9. The van der Waals surface area contributed by atoms with E-state index in [0.717, 1.165) is 10.2 Å². The van der Waals surface area contributed by atoms with E-state index in [0.29, 0.717) is 5.82 Å². The lowest BCUT2D eigenvalue weighted by Gasteiger charge is -2.08. The first kappa shape index (κ1) is 16.1. The number of hydrogen-bond acceptors (Lipinski definition) is 4. The molecule has 0 radical (unpaired) electrons. The second-order valence-corrected chi connectivity index (χ2v) is 5.70. The summed E-state index contributed by atoms with van der Waals surface area (Å²) < 4.78 is 14.5. The van der Waals surface area contributed by atoms with E-state index >= 15 is 0 Å². The van der Waals surface area contributed by atoms with Gasteiger partial charge in [0, 0.05) is 4.47 Å². The van der Waals surface area contributed by atoms with Gasteiger partial charge in [-0.1, -0.05) is 24.3 Å². The van der Waals surface area contributed by atoms with Gasteiger partial charge < -0.3 is 10.6 Å². The maximum Gasteiger partial charge on any atom is 0.259 e. The summed E-state index contributed by atoms with van der Waals surface area (Å²) in [7, 11) is 0. The molecule has 1 heterocycles. The molecule has 0 aliphatic heterocycles. The zero-order valence-corrected chi connectivity index (χ0v) is 13.9. The minimum absolute atomic E-state index is 0.0466. The number of nitrogens with one attached hydrogen (secondary N) is 2. The fourth-order valence-corrected chi connectivity index (χ4v) is 2.38. The van der Waals surface area contributed by atoms with Gasteiger partial charge in [-0.3, -0.25) is 4.79 Å². The molecule has 0 spiro atoms. The third-order valence-electron chi connectivity index (χ3n) is 3.16. The Morgan fingerprint density at radius 2 is 1.58 bits per heavy atom. The number of rotatable bonds is 4. The number of halogens is 2. The second kappa shape index (κ2) is 7.18. The van der Waals surface area contributed by atoms with E-state index < -0.39 is 11.7 Å². The molecule has 0 bridgehead atoms. The van der Waals surface area contributed by atoms with Gasteiger partial charge in [-0.15, -0.1) is 10.2 Å². The molecule has 0 saturated heterocycles. The topological polar surface area (TPSA) is 66.9 Å². The monoisotopic (exact) mass is 386 g/mol. The fourth-order valence-electron chi connectivity index (χ4n) is 2.00. The average Bonchev–Trinajstić information content (AvgIpc) is 2.59. The van der Waals surface area contributed by atoms with Gasteiger partial charge in [-0.2, -0.15) is 0 Å². The maximum atomic E-state index is 13.6. The molecule has 0 aliphatic rings. The SMILES string of the molecule is O=C(Nc1ccc(Nc2ccccc2Br)nn1)c1ccccc1F. The highest BCUT2D eigenvalue weighted by molar-refractivity contribution is 9.10. The van der Waals surface area contributed by atoms with Crippen LogP contribution in [0.2, 0.25) is 0 Å². The van der Waals surface area contributed by atoms with Crippen molar-refractivity contribution in [2.75, 3.05) is 10.6 Å². The summed E-state index contributed by atoms with van der Waals surface area (Å²) in [4.78, 5) is 12.0. The molecule has 120 valence electrons. The molecule has 0 unspecified atom stereocenters. The van der Waals surface area contributed by atoms with E-state index in [1.165, 1.54) is 18.2 Å². The summed E-state index contributed by atoms with van der Waals surface area (Å²) in [6.07, 6.45) is 0. The van der Waals surface area contributed by atoms with Crippen molar-refractivity contribution in [1.82, 2.24) is 10.2 Å². The van der Waals surface area contributed by atoms with E-state index in [1.54, 1.807) is 18.2 Å². The zero-order valence-electron chi connectivity index (χ0n) is 12.3. The molecule has 2 N–H and O–H groups in total. The number of amides is 1. The Balaban J connectivity index is 1.70. The predicted octanol–water partition coefficient (Wildman–Crippen LogP) is 4.37. The summed E-state index contributed by atoms with van der Waals surface area (Å²) in [5.41, 5.74) is 0.796. The Morgan fingerprint density at radius 3 is 2.29 bits per heavy atom. The van der Waals surface area contributed by atoms with Crippen molar-refractivity contribution in [2.24, 2.45) is 0 Å². The zero-order chi connectivity index (χ0) is 16.9. The van der Waals surface area contributed by atoms with Gasteiger partial charge >= 0.3 is 0 Å². The van der Waals surface area contributed by atoms with Crippen LogP contribution >= 0.6 is 15.9 Å². The highest BCUT2D eigenvalue weighted by Crippen LogP contribution is 2.24. The summed E-state index contributed by atoms with van der Waals surface area (Å²) in [6, 6.07) is 16.6. The van der Waals surface area contributed by atoms with Gasteiger partial charge in [0.25, 0.3) is 5.91 Å². The molecule has 0 saturated carbocycles. The maximum absolute atomic E-state index is 13.6. The molecule has 1 aromatic heterocycles. The Bertz CT molecular complexity index is 870. The number of para-hydroxylation sites is 1. The van der Waals surface area contributed by atoms with Crippen molar-refractivity contribution in [1.29, 1.82) is 0 Å². The Labute approximate surface area is 146 Å². The van der Waals surface area contributed by atoms with Gasteiger partial charge in [0.1, 0.15) is 5.82 Å². The number of aromatic nitrogens is 2. The van der Waals surface area contributed by atoms with Crippen LogP contribution in [0.25, 0.3) is 0 Å². The van der Waals surface area contributed by atoms with Crippen LogP contribution in [0, 0.1) is 5.82 Å². The van der Waals surface area contributed by atoms with Gasteiger partial charge in [0.05, 0.1) is 11.3 Å². The molecule has 7 heteroatoms. The van der Waals surface area contributed by atoms with E-state index in [-0.39, 0.29) is 11.4 Å². The van der Waals surface area contributed by atoms with Crippen LogP contribution in [0.5, 0.6) is 0 Å². The third-order valence-corrected chi connectivity index (χ3v) is 3.85. The number of nitrogens with zero attached hydrogens (tertiary/aromatic N) is 2. The normalized spacial score (nSPS) is 10.2. The standard InChI is InChI=1S/C17H12BrFN4O/c18-12-6-2-4-8-14(12)20-15-9-10-16(23-22-15)21-17(24)11-5-1-3-7-13(11)19/h1-10H,(H,20,22)(H,21,23,24). The van der Waals surface area contributed by atoms with Gasteiger partial charge in [-0.25, -0.2) is 4.39 Å². The Kier molecular flexibility index (Phi) is 4.81. The van der Waals surface area contributed by atoms with Crippen LogP contribution in [0.3, 0.4) is 0 Å². The minimum atomic E-state index is -0.588. The quantitative estimate of drug-likeness (QED) is 0.698. The van der Waals surface area contributed by atoms with Crippen molar-refractivity contribution in [2.45, 2.75) is 0 Å². The number of carbonyl (C=O) groups is 1. The Hall–Kier alpha value is -2.80. The minimum Gasteiger partial charge on any atom is -0.338 e. The van der Waals surface area contributed by atoms with E-state index in [2.05, 4.69) is 36.8 Å². The van der Waals surface area contributed by atoms with Gasteiger partial charge in [0.2, 0.25) is 0 Å². The number of hydrogen-bond donors (Lipinski definition) is 2. The number of benzene rings is 2. The first-order valence-corrected chi connectivity index (χ1v) is 7.84. The lowest BCUT2D eigenvalue weighted by atomic mass is 10.2. The molecule has 3 rings (SSSR count). The molecule has 0 aliphatic carbocycles. The van der Waals surface area contributed by atoms with Crippen molar-refractivity contribution < 1.29 is 9.18 Å². The molecule has 1 amide bonds. The lowest BCUT2D eigenvalue weighted by molar-refractivity contribution is 0.102. The predicted molar refractivity (Wildman–Crippen MR) is 93.8 cm³/mol. The van der Waals surface area contributed by atoms with Crippen molar-refractivity contribution in [3.8, 4) is 0 Å². The summed E-state index contributed by atoms with van der Waals surface area (Å²) >= 11 is 3.43. The van der Waals surface area contributed by atoms with Crippen molar-refractivity contribution in [3.63, 3.8) is 0 Å². The van der Waals surface area contributed by atoms with Crippen molar-refractivity contribution >= 4 is 39.2 Å². The summed E-state index contributed by atoms with van der Waals surface area (Å²) in [5, 5.41) is 13.5. The molecule has 0 fully saturated rings. The third kappa shape index (κ3) is 3.75. The lowest BCUT2D eigenvalue weighted by Crippen LogP contribution is -2.15. The van der Waals surface area contributed by atoms with Crippen LogP contribution < -0.4 is 10.6 Å². The van der Waals surface area contributed by atoms with Crippen molar-refractivity contribution in [3.05, 3.63) is 76.5 Å².